The van der Waals surface area contributed by atoms with E-state index in [-0.39, 0.29) is 17.6 Å². The second-order valence-electron chi connectivity index (χ2n) is 5.54. The van der Waals surface area contributed by atoms with Crippen LogP contribution in [0.1, 0.15) is 23.4 Å². The van der Waals surface area contributed by atoms with Crippen molar-refractivity contribution in [3.63, 3.8) is 0 Å². The molecule has 2 N–H and O–H groups in total. The molecule has 0 saturated heterocycles. The second kappa shape index (κ2) is 9.54. The zero-order valence-electron chi connectivity index (χ0n) is 14.4. The smallest absolute Gasteiger partial charge is 0.286 e. The lowest BCUT2D eigenvalue weighted by atomic mass is 10.2. The zero-order valence-corrected chi connectivity index (χ0v) is 15.2. The number of anilines is 1. The van der Waals surface area contributed by atoms with Crippen molar-refractivity contribution in [2.75, 3.05) is 11.9 Å². The standard InChI is InChI=1S/C19H18N4O3S/c24-16(6-3-10-22-19(25)15-5-4-12-26-15)23-14-8-11-21-18(13-14)27-17-7-1-2-9-20-17/h1-2,4-5,7-9,11-13H,3,6,10H2,(H,22,25)(H,21,23,24). The molecule has 0 atom stereocenters. The average molecular weight is 382 g/mol. The summed E-state index contributed by atoms with van der Waals surface area (Å²) in [6.07, 6.45) is 5.63. The van der Waals surface area contributed by atoms with Gasteiger partial charge in [0.2, 0.25) is 5.91 Å². The molecule has 0 aliphatic rings. The Balaban J connectivity index is 1.42. The summed E-state index contributed by atoms with van der Waals surface area (Å²) < 4.78 is 5.00. The molecule has 3 aromatic rings. The van der Waals surface area contributed by atoms with Gasteiger partial charge in [-0.1, -0.05) is 17.8 Å². The molecule has 2 amide bonds. The SMILES string of the molecule is O=C(CCCNC(=O)c1ccco1)Nc1ccnc(Sc2ccccn2)c1. The number of furan rings is 1. The van der Waals surface area contributed by atoms with Crippen LogP contribution in [-0.2, 0) is 4.79 Å². The largest absolute Gasteiger partial charge is 0.459 e. The summed E-state index contributed by atoms with van der Waals surface area (Å²) in [6.45, 7) is 0.393. The van der Waals surface area contributed by atoms with Crippen LogP contribution in [-0.4, -0.2) is 28.3 Å². The van der Waals surface area contributed by atoms with E-state index < -0.39 is 0 Å². The van der Waals surface area contributed by atoms with Gasteiger partial charge in [-0.2, -0.15) is 0 Å². The lowest BCUT2D eigenvalue weighted by Crippen LogP contribution is -2.25. The minimum Gasteiger partial charge on any atom is -0.459 e. The van der Waals surface area contributed by atoms with Gasteiger partial charge in [0.25, 0.3) is 5.91 Å². The molecule has 0 spiro atoms. The normalized spacial score (nSPS) is 10.4. The molecule has 3 rings (SSSR count). The summed E-state index contributed by atoms with van der Waals surface area (Å²) in [4.78, 5) is 32.3. The molecule has 0 saturated carbocycles. The number of carbonyl (C=O) groups excluding carboxylic acids is 2. The highest BCUT2D eigenvalue weighted by Crippen LogP contribution is 2.25. The van der Waals surface area contributed by atoms with Gasteiger partial charge in [-0.05, 0) is 42.8 Å². The second-order valence-corrected chi connectivity index (χ2v) is 6.58. The molecule has 138 valence electrons. The highest BCUT2D eigenvalue weighted by atomic mass is 32.2. The molecule has 3 heterocycles. The zero-order chi connectivity index (χ0) is 18.9. The van der Waals surface area contributed by atoms with E-state index in [2.05, 4.69) is 20.6 Å². The summed E-state index contributed by atoms with van der Waals surface area (Å²) in [6, 6.07) is 12.4. The molecule has 0 aliphatic carbocycles. The maximum absolute atomic E-state index is 12.1. The van der Waals surface area contributed by atoms with Gasteiger partial charge in [0.1, 0.15) is 10.1 Å². The van der Waals surface area contributed by atoms with E-state index in [4.69, 9.17) is 4.42 Å². The van der Waals surface area contributed by atoms with Crippen LogP contribution >= 0.6 is 11.8 Å². The minimum atomic E-state index is -0.286. The molecule has 0 fully saturated rings. The summed E-state index contributed by atoms with van der Waals surface area (Å²) >= 11 is 1.42. The molecule has 0 unspecified atom stereocenters. The first-order chi connectivity index (χ1) is 13.2. The molecule has 7 nitrogen and oxygen atoms in total. The molecular formula is C19H18N4O3S. The topological polar surface area (TPSA) is 97.1 Å². The molecular weight excluding hydrogens is 364 g/mol. The summed E-state index contributed by atoms with van der Waals surface area (Å²) in [7, 11) is 0. The Labute approximate surface area is 160 Å². The maximum atomic E-state index is 12.1. The van der Waals surface area contributed by atoms with Crippen molar-refractivity contribution in [3.05, 3.63) is 66.9 Å². The number of amides is 2. The van der Waals surface area contributed by atoms with Gasteiger partial charge < -0.3 is 15.1 Å². The number of pyridine rings is 2. The van der Waals surface area contributed by atoms with Crippen LogP contribution in [0.15, 0.2) is 75.6 Å². The van der Waals surface area contributed by atoms with E-state index in [1.54, 1.807) is 36.7 Å². The van der Waals surface area contributed by atoms with E-state index >= 15 is 0 Å². The fraction of sp³-hybridized carbons (Fsp3) is 0.158. The van der Waals surface area contributed by atoms with Gasteiger partial charge in [-0.25, -0.2) is 9.97 Å². The fourth-order valence-corrected chi connectivity index (χ4v) is 3.00. The first kappa shape index (κ1) is 18.7. The van der Waals surface area contributed by atoms with E-state index in [1.807, 2.05) is 18.2 Å². The van der Waals surface area contributed by atoms with Gasteiger partial charge in [-0.3, -0.25) is 9.59 Å². The van der Waals surface area contributed by atoms with Crippen molar-refractivity contribution >= 4 is 29.3 Å². The first-order valence-electron chi connectivity index (χ1n) is 8.37. The Morgan fingerprint density at radius 1 is 1.04 bits per heavy atom. The number of hydrogen-bond acceptors (Lipinski definition) is 6. The minimum absolute atomic E-state index is 0.123. The Bertz CT molecular complexity index is 885. The molecule has 27 heavy (non-hydrogen) atoms. The number of carbonyl (C=O) groups is 2. The lowest BCUT2D eigenvalue weighted by molar-refractivity contribution is -0.116. The van der Waals surface area contributed by atoms with E-state index in [1.165, 1.54) is 18.0 Å². The van der Waals surface area contributed by atoms with Crippen LogP contribution < -0.4 is 10.6 Å². The summed E-state index contributed by atoms with van der Waals surface area (Å²) in [5, 5.41) is 7.13. The quantitative estimate of drug-likeness (QED) is 0.580. The van der Waals surface area contributed by atoms with Crippen LogP contribution in [0.3, 0.4) is 0 Å². The van der Waals surface area contributed by atoms with Crippen LogP contribution in [0.25, 0.3) is 0 Å². The third-order valence-corrected chi connectivity index (χ3v) is 4.36. The summed E-state index contributed by atoms with van der Waals surface area (Å²) in [5.74, 6) is -0.151. The third kappa shape index (κ3) is 5.96. The van der Waals surface area contributed by atoms with E-state index in [9.17, 15) is 9.59 Å². The molecule has 0 aliphatic heterocycles. The number of nitrogens with zero attached hydrogens (tertiary/aromatic N) is 2. The Morgan fingerprint density at radius 3 is 2.70 bits per heavy atom. The summed E-state index contributed by atoms with van der Waals surface area (Å²) in [5.41, 5.74) is 0.674. The monoisotopic (exact) mass is 382 g/mol. The van der Waals surface area contributed by atoms with Crippen LogP contribution in [0, 0.1) is 0 Å². The number of aromatic nitrogens is 2. The van der Waals surface area contributed by atoms with Gasteiger partial charge in [0.05, 0.1) is 6.26 Å². The van der Waals surface area contributed by atoms with Crippen molar-refractivity contribution in [1.82, 2.24) is 15.3 Å². The Morgan fingerprint density at radius 2 is 1.93 bits per heavy atom. The van der Waals surface area contributed by atoms with Crippen LogP contribution in [0.2, 0.25) is 0 Å². The molecule has 0 bridgehead atoms. The van der Waals surface area contributed by atoms with Crippen LogP contribution in [0.4, 0.5) is 5.69 Å². The Hall–Kier alpha value is -3.13. The number of hydrogen-bond donors (Lipinski definition) is 2. The van der Waals surface area contributed by atoms with Crippen molar-refractivity contribution in [1.29, 1.82) is 0 Å². The van der Waals surface area contributed by atoms with E-state index in [0.29, 0.717) is 25.1 Å². The number of rotatable bonds is 8. The predicted octanol–water partition coefficient (Wildman–Crippen LogP) is 3.37. The molecule has 0 aromatic carbocycles. The fourth-order valence-electron chi connectivity index (χ4n) is 2.23. The highest BCUT2D eigenvalue weighted by molar-refractivity contribution is 7.99. The Kier molecular flexibility index (Phi) is 6.59. The average Bonchev–Trinajstić information content (AvgIpc) is 3.21. The van der Waals surface area contributed by atoms with Gasteiger partial charge in [0, 0.05) is 31.0 Å². The predicted molar refractivity (Wildman–Crippen MR) is 102 cm³/mol. The van der Waals surface area contributed by atoms with Crippen molar-refractivity contribution in [2.24, 2.45) is 0 Å². The highest BCUT2D eigenvalue weighted by Gasteiger charge is 2.08. The first-order valence-corrected chi connectivity index (χ1v) is 9.19. The third-order valence-electron chi connectivity index (χ3n) is 3.48. The van der Waals surface area contributed by atoms with Crippen molar-refractivity contribution in [3.8, 4) is 0 Å². The van der Waals surface area contributed by atoms with Crippen molar-refractivity contribution < 1.29 is 14.0 Å². The molecule has 8 heteroatoms. The van der Waals surface area contributed by atoms with Gasteiger partial charge in [-0.15, -0.1) is 0 Å². The van der Waals surface area contributed by atoms with E-state index in [0.717, 1.165) is 10.1 Å². The molecule has 3 aromatic heterocycles. The molecule has 0 radical (unpaired) electrons. The maximum Gasteiger partial charge on any atom is 0.286 e. The van der Waals surface area contributed by atoms with Crippen molar-refractivity contribution in [2.45, 2.75) is 22.9 Å². The lowest BCUT2D eigenvalue weighted by Gasteiger charge is -2.07. The van der Waals surface area contributed by atoms with Gasteiger partial charge >= 0.3 is 0 Å². The van der Waals surface area contributed by atoms with Gasteiger partial charge in [0.15, 0.2) is 5.76 Å². The number of nitrogens with one attached hydrogen (secondary N) is 2. The van der Waals surface area contributed by atoms with Crippen LogP contribution in [0.5, 0.6) is 0 Å².